The Morgan fingerprint density at radius 3 is 2.52 bits per heavy atom. The summed E-state index contributed by atoms with van der Waals surface area (Å²) in [6.45, 7) is 2.04. The summed E-state index contributed by atoms with van der Waals surface area (Å²) in [5.41, 5.74) is 6.79. The molecular weight excluding hydrogens is 290 g/mol. The number of aliphatic carboxylic acids is 1. The van der Waals surface area contributed by atoms with Crippen LogP contribution in [0.25, 0.3) is 0 Å². The fourth-order valence-electron chi connectivity index (χ4n) is 2.10. The van der Waals surface area contributed by atoms with Crippen LogP contribution in [-0.2, 0) is 4.79 Å². The smallest absolute Gasteiger partial charge is 0.303 e. The quantitative estimate of drug-likeness (QED) is 0.441. The third-order valence-corrected chi connectivity index (χ3v) is 3.39. The molecule has 0 spiro atoms. The van der Waals surface area contributed by atoms with Crippen molar-refractivity contribution >= 4 is 17.4 Å². The van der Waals surface area contributed by atoms with Crippen molar-refractivity contribution in [1.29, 1.82) is 0 Å². The molecule has 0 saturated carbocycles. The lowest BCUT2D eigenvalue weighted by molar-refractivity contribution is -0.137. The van der Waals surface area contributed by atoms with Crippen molar-refractivity contribution in [2.75, 3.05) is 5.43 Å². The molecule has 0 saturated heterocycles. The van der Waals surface area contributed by atoms with E-state index in [1.54, 1.807) is 6.20 Å². The number of carbonyl (C=O) groups is 1. The molecule has 1 heterocycles. The Kier molecular flexibility index (Phi) is 6.29. The first kappa shape index (κ1) is 16.7. The molecule has 0 aliphatic heterocycles. The lowest BCUT2D eigenvalue weighted by Crippen LogP contribution is -2.07. The molecule has 5 heteroatoms. The standard InChI is InChI=1S/C18H21N3O2/c1-14-9-11-15(12-10-14)20-21-17(7-2-3-8-18(22)23)16-6-4-5-13-19-16/h4-6,9-13,20H,2-3,7-8H2,1H3,(H,22,23)/b21-17+. The molecule has 23 heavy (non-hydrogen) atoms. The first-order valence-corrected chi connectivity index (χ1v) is 7.67. The van der Waals surface area contributed by atoms with Gasteiger partial charge in [0.1, 0.15) is 0 Å². The van der Waals surface area contributed by atoms with Crippen molar-refractivity contribution in [3.05, 3.63) is 59.9 Å². The van der Waals surface area contributed by atoms with Crippen molar-refractivity contribution in [3.63, 3.8) is 0 Å². The van der Waals surface area contributed by atoms with Crippen LogP contribution in [0.2, 0.25) is 0 Å². The van der Waals surface area contributed by atoms with E-state index in [-0.39, 0.29) is 6.42 Å². The summed E-state index contributed by atoms with van der Waals surface area (Å²) < 4.78 is 0. The summed E-state index contributed by atoms with van der Waals surface area (Å²) in [5.74, 6) is -0.765. The fourth-order valence-corrected chi connectivity index (χ4v) is 2.10. The van der Waals surface area contributed by atoms with Crippen LogP contribution in [0.1, 0.15) is 36.9 Å². The van der Waals surface area contributed by atoms with Gasteiger partial charge in [-0.1, -0.05) is 23.8 Å². The summed E-state index contributed by atoms with van der Waals surface area (Å²) in [5, 5.41) is 13.2. The van der Waals surface area contributed by atoms with Gasteiger partial charge < -0.3 is 5.11 Å². The van der Waals surface area contributed by atoms with Crippen LogP contribution < -0.4 is 5.43 Å². The number of aromatic nitrogens is 1. The van der Waals surface area contributed by atoms with E-state index in [0.29, 0.717) is 12.8 Å². The average molecular weight is 311 g/mol. The van der Waals surface area contributed by atoms with Gasteiger partial charge in [0.2, 0.25) is 0 Å². The predicted molar refractivity (Wildman–Crippen MR) is 91.7 cm³/mol. The molecule has 0 amide bonds. The van der Waals surface area contributed by atoms with Crippen molar-refractivity contribution < 1.29 is 9.90 Å². The molecule has 1 aromatic heterocycles. The Labute approximate surface area is 136 Å². The number of hydrazone groups is 1. The molecule has 0 fully saturated rings. The minimum Gasteiger partial charge on any atom is -0.481 e. The molecule has 0 unspecified atom stereocenters. The summed E-state index contributed by atoms with van der Waals surface area (Å²) in [4.78, 5) is 14.9. The number of aryl methyl sites for hydroxylation is 1. The first-order valence-electron chi connectivity index (χ1n) is 7.67. The van der Waals surface area contributed by atoms with Gasteiger partial charge in [-0.2, -0.15) is 5.10 Å². The molecule has 1 aromatic carbocycles. The van der Waals surface area contributed by atoms with E-state index in [1.165, 1.54) is 5.56 Å². The minimum absolute atomic E-state index is 0.181. The molecule has 0 radical (unpaired) electrons. The van der Waals surface area contributed by atoms with E-state index in [2.05, 4.69) is 15.5 Å². The summed E-state index contributed by atoms with van der Waals surface area (Å²) in [6.07, 6.45) is 3.99. The second kappa shape index (κ2) is 8.68. The van der Waals surface area contributed by atoms with Gasteiger partial charge in [0.25, 0.3) is 0 Å². The monoisotopic (exact) mass is 311 g/mol. The maximum atomic E-state index is 10.6. The number of carboxylic acid groups (broad SMARTS) is 1. The SMILES string of the molecule is Cc1ccc(N/N=C(\CCCCC(=O)O)c2ccccn2)cc1. The molecule has 5 nitrogen and oxygen atoms in total. The van der Waals surface area contributed by atoms with Crippen LogP contribution in [0.5, 0.6) is 0 Å². The molecule has 2 aromatic rings. The van der Waals surface area contributed by atoms with Crippen LogP contribution >= 0.6 is 0 Å². The van der Waals surface area contributed by atoms with Gasteiger partial charge in [-0.05, 0) is 50.5 Å². The van der Waals surface area contributed by atoms with E-state index in [9.17, 15) is 4.79 Å². The molecule has 2 rings (SSSR count). The molecule has 0 aliphatic rings. The third kappa shape index (κ3) is 5.90. The number of nitrogens with one attached hydrogen (secondary N) is 1. The number of anilines is 1. The molecule has 0 bridgehead atoms. The number of hydrogen-bond acceptors (Lipinski definition) is 4. The number of benzene rings is 1. The van der Waals surface area contributed by atoms with Gasteiger partial charge in [0, 0.05) is 12.6 Å². The predicted octanol–water partition coefficient (Wildman–Crippen LogP) is 3.85. The lowest BCUT2D eigenvalue weighted by atomic mass is 10.1. The van der Waals surface area contributed by atoms with Crippen LogP contribution in [0.3, 0.4) is 0 Å². The Balaban J connectivity index is 2.04. The largest absolute Gasteiger partial charge is 0.481 e. The normalized spacial score (nSPS) is 11.3. The zero-order valence-corrected chi connectivity index (χ0v) is 13.2. The van der Waals surface area contributed by atoms with Gasteiger partial charge in [0.15, 0.2) is 0 Å². The Morgan fingerprint density at radius 1 is 1.13 bits per heavy atom. The second-order valence-electron chi connectivity index (χ2n) is 5.35. The van der Waals surface area contributed by atoms with Gasteiger partial charge in [0.05, 0.1) is 17.1 Å². The summed E-state index contributed by atoms with van der Waals surface area (Å²) >= 11 is 0. The molecular formula is C18H21N3O2. The van der Waals surface area contributed by atoms with Gasteiger partial charge in [-0.15, -0.1) is 0 Å². The van der Waals surface area contributed by atoms with Crippen molar-refractivity contribution in [3.8, 4) is 0 Å². The van der Waals surface area contributed by atoms with Crippen molar-refractivity contribution in [2.24, 2.45) is 5.10 Å². The van der Waals surface area contributed by atoms with Crippen molar-refractivity contribution in [1.82, 2.24) is 4.98 Å². The minimum atomic E-state index is -0.765. The van der Waals surface area contributed by atoms with Crippen molar-refractivity contribution in [2.45, 2.75) is 32.6 Å². The summed E-state index contributed by atoms with van der Waals surface area (Å²) in [7, 11) is 0. The molecule has 0 atom stereocenters. The highest BCUT2D eigenvalue weighted by Gasteiger charge is 2.06. The van der Waals surface area contributed by atoms with Crippen LogP contribution in [-0.4, -0.2) is 21.8 Å². The number of unbranched alkanes of at least 4 members (excludes halogenated alkanes) is 1. The maximum absolute atomic E-state index is 10.6. The zero-order valence-electron chi connectivity index (χ0n) is 13.2. The highest BCUT2D eigenvalue weighted by molar-refractivity contribution is 5.99. The van der Waals surface area contributed by atoms with Gasteiger partial charge >= 0.3 is 5.97 Å². The number of carboxylic acids is 1. The van der Waals surface area contributed by atoms with E-state index in [0.717, 1.165) is 23.5 Å². The zero-order chi connectivity index (χ0) is 16.5. The number of hydrogen-bond donors (Lipinski definition) is 2. The Hall–Kier alpha value is -2.69. The summed E-state index contributed by atoms with van der Waals surface area (Å²) in [6, 6.07) is 13.7. The van der Waals surface area contributed by atoms with Gasteiger partial charge in [-0.3, -0.25) is 15.2 Å². The number of rotatable bonds is 8. The van der Waals surface area contributed by atoms with E-state index < -0.39 is 5.97 Å². The Morgan fingerprint density at radius 2 is 1.87 bits per heavy atom. The van der Waals surface area contributed by atoms with E-state index in [4.69, 9.17) is 5.11 Å². The fraction of sp³-hybridized carbons (Fsp3) is 0.278. The number of pyridine rings is 1. The topological polar surface area (TPSA) is 74.6 Å². The highest BCUT2D eigenvalue weighted by Crippen LogP contribution is 2.11. The second-order valence-corrected chi connectivity index (χ2v) is 5.35. The maximum Gasteiger partial charge on any atom is 0.303 e. The molecule has 120 valence electrons. The Bertz CT molecular complexity index is 652. The molecule has 2 N–H and O–H groups in total. The van der Waals surface area contributed by atoms with Crippen LogP contribution in [0, 0.1) is 6.92 Å². The molecule has 0 aliphatic carbocycles. The van der Waals surface area contributed by atoms with Crippen LogP contribution in [0.15, 0.2) is 53.8 Å². The van der Waals surface area contributed by atoms with Crippen LogP contribution in [0.4, 0.5) is 5.69 Å². The number of nitrogens with zero attached hydrogens (tertiary/aromatic N) is 2. The third-order valence-electron chi connectivity index (χ3n) is 3.39. The highest BCUT2D eigenvalue weighted by atomic mass is 16.4. The first-order chi connectivity index (χ1) is 11.1. The lowest BCUT2D eigenvalue weighted by Gasteiger charge is -2.07. The van der Waals surface area contributed by atoms with E-state index in [1.807, 2.05) is 49.4 Å². The average Bonchev–Trinajstić information content (AvgIpc) is 2.56. The van der Waals surface area contributed by atoms with E-state index >= 15 is 0 Å². The van der Waals surface area contributed by atoms with Gasteiger partial charge in [-0.25, -0.2) is 0 Å².